The van der Waals surface area contributed by atoms with Crippen molar-refractivity contribution in [2.45, 2.75) is 19.1 Å². The zero-order chi connectivity index (χ0) is 16.1. The van der Waals surface area contributed by atoms with E-state index in [1.54, 1.807) is 17.5 Å². The fourth-order valence-electron chi connectivity index (χ4n) is 2.66. The molecule has 1 aromatic heterocycles. The third-order valence-electron chi connectivity index (χ3n) is 3.78. The number of ether oxygens (including phenoxy) is 2. The van der Waals surface area contributed by atoms with Crippen LogP contribution in [0.15, 0.2) is 35.8 Å². The van der Waals surface area contributed by atoms with Gasteiger partial charge in [-0.25, -0.2) is 4.98 Å². The third kappa shape index (κ3) is 4.75. The first kappa shape index (κ1) is 16.4. The first-order valence-corrected chi connectivity index (χ1v) is 8.69. The van der Waals surface area contributed by atoms with Crippen LogP contribution in [0.3, 0.4) is 0 Å². The minimum atomic E-state index is -0.523. The molecular weight excluding hydrogens is 312 g/mol. The van der Waals surface area contributed by atoms with Crippen molar-refractivity contribution in [2.75, 3.05) is 32.8 Å². The highest BCUT2D eigenvalue weighted by molar-refractivity contribution is 7.09. The van der Waals surface area contributed by atoms with Crippen molar-refractivity contribution < 1.29 is 14.6 Å². The normalized spacial score (nSPS) is 20.3. The molecule has 1 aliphatic rings. The summed E-state index contributed by atoms with van der Waals surface area (Å²) in [6.45, 7) is 5.14. The predicted octanol–water partition coefficient (Wildman–Crippen LogP) is 2.26. The molecule has 0 bridgehead atoms. The summed E-state index contributed by atoms with van der Waals surface area (Å²) >= 11 is 1.61. The van der Waals surface area contributed by atoms with Crippen LogP contribution in [0, 0.1) is 6.92 Å². The number of hydrogen-bond donors (Lipinski definition) is 1. The first-order chi connectivity index (χ1) is 11.2. The maximum Gasteiger partial charge on any atom is 0.123 e. The molecule has 1 aliphatic heterocycles. The van der Waals surface area contributed by atoms with E-state index in [0.717, 1.165) is 29.4 Å². The van der Waals surface area contributed by atoms with Gasteiger partial charge in [0.15, 0.2) is 0 Å². The lowest BCUT2D eigenvalue weighted by atomic mass is 10.2. The van der Waals surface area contributed by atoms with Crippen LogP contribution in [-0.4, -0.2) is 53.9 Å². The van der Waals surface area contributed by atoms with Gasteiger partial charge in [-0.1, -0.05) is 12.1 Å². The van der Waals surface area contributed by atoms with Gasteiger partial charge >= 0.3 is 0 Å². The minimum absolute atomic E-state index is 0.00800. The number of benzene rings is 1. The first-order valence-electron chi connectivity index (χ1n) is 7.81. The van der Waals surface area contributed by atoms with Crippen LogP contribution in [0.5, 0.6) is 5.75 Å². The summed E-state index contributed by atoms with van der Waals surface area (Å²) in [4.78, 5) is 6.53. The number of β-amino-alcohol motifs (C(OH)–C–C–N with tert-alkyl or cyclic N) is 1. The Hall–Kier alpha value is -1.47. The van der Waals surface area contributed by atoms with E-state index in [1.165, 1.54) is 0 Å². The Bertz CT molecular complexity index is 606. The number of aryl methyl sites for hydroxylation is 1. The monoisotopic (exact) mass is 334 g/mol. The summed E-state index contributed by atoms with van der Waals surface area (Å²) in [6.07, 6.45) is 1.28. The average Bonchev–Trinajstić information content (AvgIpc) is 3.08. The fourth-order valence-corrected chi connectivity index (χ4v) is 3.34. The van der Waals surface area contributed by atoms with E-state index in [0.29, 0.717) is 19.8 Å². The molecule has 124 valence electrons. The number of aliphatic hydroxyl groups excluding tert-OH is 1. The van der Waals surface area contributed by atoms with E-state index in [4.69, 9.17) is 9.47 Å². The molecule has 0 unspecified atom stereocenters. The van der Waals surface area contributed by atoms with Crippen molar-refractivity contribution in [1.82, 2.24) is 9.88 Å². The van der Waals surface area contributed by atoms with Gasteiger partial charge < -0.3 is 14.6 Å². The molecule has 2 heterocycles. The van der Waals surface area contributed by atoms with Gasteiger partial charge in [0.05, 0.1) is 6.61 Å². The molecule has 0 amide bonds. The number of thiazole rings is 1. The second-order valence-electron chi connectivity index (χ2n) is 5.77. The molecule has 0 aliphatic carbocycles. The van der Waals surface area contributed by atoms with E-state index in [2.05, 4.69) is 9.88 Å². The molecule has 1 N–H and O–H groups in total. The SMILES string of the molecule is Cc1cccc(OC[C@@H](O)CN2CCO[C@H](c3nccs3)C2)c1. The highest BCUT2D eigenvalue weighted by Crippen LogP contribution is 2.23. The van der Waals surface area contributed by atoms with E-state index in [-0.39, 0.29) is 6.10 Å². The van der Waals surface area contributed by atoms with Gasteiger partial charge in [0.1, 0.15) is 29.6 Å². The molecule has 5 nitrogen and oxygen atoms in total. The summed E-state index contributed by atoms with van der Waals surface area (Å²) in [5.41, 5.74) is 1.15. The van der Waals surface area contributed by atoms with Crippen LogP contribution in [-0.2, 0) is 4.74 Å². The molecule has 23 heavy (non-hydrogen) atoms. The zero-order valence-corrected chi connectivity index (χ0v) is 14.0. The highest BCUT2D eigenvalue weighted by atomic mass is 32.1. The largest absolute Gasteiger partial charge is 0.491 e. The van der Waals surface area contributed by atoms with Crippen molar-refractivity contribution in [1.29, 1.82) is 0 Å². The van der Waals surface area contributed by atoms with Gasteiger partial charge in [0, 0.05) is 31.2 Å². The van der Waals surface area contributed by atoms with Crippen LogP contribution >= 0.6 is 11.3 Å². The summed E-state index contributed by atoms with van der Waals surface area (Å²) in [6, 6.07) is 7.86. The Kier molecular flexibility index (Phi) is 5.61. The predicted molar refractivity (Wildman–Crippen MR) is 89.9 cm³/mol. The summed E-state index contributed by atoms with van der Waals surface area (Å²) in [5, 5.41) is 13.2. The van der Waals surface area contributed by atoms with E-state index >= 15 is 0 Å². The van der Waals surface area contributed by atoms with Gasteiger partial charge in [-0.2, -0.15) is 0 Å². The number of aromatic nitrogens is 1. The van der Waals surface area contributed by atoms with Crippen molar-refractivity contribution in [2.24, 2.45) is 0 Å². The van der Waals surface area contributed by atoms with E-state index < -0.39 is 6.10 Å². The fraction of sp³-hybridized carbons (Fsp3) is 0.471. The second-order valence-corrected chi connectivity index (χ2v) is 6.70. The second kappa shape index (κ2) is 7.88. The Balaban J connectivity index is 1.46. The maximum atomic E-state index is 10.2. The van der Waals surface area contributed by atoms with Crippen LogP contribution in [0.25, 0.3) is 0 Å². The summed E-state index contributed by atoms with van der Waals surface area (Å²) < 4.78 is 11.4. The number of nitrogens with zero attached hydrogens (tertiary/aromatic N) is 2. The Morgan fingerprint density at radius 1 is 1.52 bits per heavy atom. The minimum Gasteiger partial charge on any atom is -0.491 e. The van der Waals surface area contributed by atoms with Gasteiger partial charge in [-0.3, -0.25) is 4.90 Å². The molecule has 0 radical (unpaired) electrons. The molecule has 1 saturated heterocycles. The number of rotatable bonds is 6. The number of hydrogen-bond acceptors (Lipinski definition) is 6. The van der Waals surface area contributed by atoms with Gasteiger partial charge in [-0.05, 0) is 24.6 Å². The Morgan fingerprint density at radius 2 is 2.43 bits per heavy atom. The topological polar surface area (TPSA) is 54.8 Å². The smallest absolute Gasteiger partial charge is 0.123 e. The summed E-state index contributed by atoms with van der Waals surface area (Å²) in [5.74, 6) is 0.798. The van der Waals surface area contributed by atoms with Crippen molar-refractivity contribution in [3.05, 3.63) is 46.4 Å². The Morgan fingerprint density at radius 3 is 3.22 bits per heavy atom. The molecule has 0 spiro atoms. The number of morpholine rings is 1. The molecule has 1 aromatic carbocycles. The maximum absolute atomic E-state index is 10.2. The van der Waals surface area contributed by atoms with Gasteiger partial charge in [0.2, 0.25) is 0 Å². The average molecular weight is 334 g/mol. The number of aliphatic hydroxyl groups is 1. The Labute approximate surface area is 140 Å². The molecule has 0 saturated carbocycles. The van der Waals surface area contributed by atoms with Crippen molar-refractivity contribution >= 4 is 11.3 Å². The molecule has 2 atom stereocenters. The molecular formula is C17H22N2O3S. The highest BCUT2D eigenvalue weighted by Gasteiger charge is 2.25. The lowest BCUT2D eigenvalue weighted by Gasteiger charge is -2.33. The quantitative estimate of drug-likeness (QED) is 0.878. The van der Waals surface area contributed by atoms with Crippen LogP contribution in [0.4, 0.5) is 0 Å². The zero-order valence-electron chi connectivity index (χ0n) is 13.2. The molecule has 6 heteroatoms. The van der Waals surface area contributed by atoms with E-state index in [1.807, 2.05) is 36.6 Å². The lowest BCUT2D eigenvalue weighted by molar-refractivity contribution is -0.0460. The standard InChI is InChI=1S/C17H22N2O3S/c1-13-3-2-4-15(9-13)22-12-14(20)10-19-6-7-21-16(11-19)17-18-5-8-23-17/h2-5,8-9,14,16,20H,6-7,10-12H2,1H3/t14-,16-/m0/s1. The van der Waals surface area contributed by atoms with Crippen LogP contribution < -0.4 is 4.74 Å². The van der Waals surface area contributed by atoms with Crippen LogP contribution in [0.1, 0.15) is 16.7 Å². The third-order valence-corrected chi connectivity index (χ3v) is 4.65. The molecule has 1 fully saturated rings. The van der Waals surface area contributed by atoms with E-state index in [9.17, 15) is 5.11 Å². The molecule has 3 rings (SSSR count). The van der Waals surface area contributed by atoms with Crippen LogP contribution in [0.2, 0.25) is 0 Å². The van der Waals surface area contributed by atoms with Gasteiger partial charge in [-0.15, -0.1) is 11.3 Å². The molecule has 2 aromatic rings. The van der Waals surface area contributed by atoms with Gasteiger partial charge in [0.25, 0.3) is 0 Å². The van der Waals surface area contributed by atoms with Crippen molar-refractivity contribution in [3.8, 4) is 5.75 Å². The summed E-state index contributed by atoms with van der Waals surface area (Å²) in [7, 11) is 0. The van der Waals surface area contributed by atoms with Crippen molar-refractivity contribution in [3.63, 3.8) is 0 Å². The lowest BCUT2D eigenvalue weighted by Crippen LogP contribution is -2.43.